The highest BCUT2D eigenvalue weighted by Gasteiger charge is 2.59. The maximum Gasteiger partial charge on any atom is 0.315 e. The quantitative estimate of drug-likeness (QED) is 0.774. The highest BCUT2D eigenvalue weighted by atomic mass is 16.5. The van der Waals surface area contributed by atoms with Crippen molar-refractivity contribution in [3.63, 3.8) is 0 Å². The first-order valence-corrected chi connectivity index (χ1v) is 9.23. The Labute approximate surface area is 148 Å². The monoisotopic (exact) mass is 347 g/mol. The number of hydrogen-bond acceptors (Lipinski definition) is 3. The summed E-state index contributed by atoms with van der Waals surface area (Å²) in [6.07, 6.45) is 3.02. The standard InChI is InChI=1S/C19H29N3O3/c1-13-7-6-8-15(23)22(13)11-5-4-10-20-18(24)21-16-14-9-12-25-17(14)19(16,2)3/h6-8,14,16-17H,4-5,9-12H2,1-3H3,(H2,20,21,24)/t14-,16+,17-/m0/s1. The molecule has 1 aromatic heterocycles. The molecular formula is C19H29N3O3. The molecule has 3 rings (SSSR count). The number of amides is 2. The van der Waals surface area contributed by atoms with Gasteiger partial charge in [-0.25, -0.2) is 4.79 Å². The van der Waals surface area contributed by atoms with Crippen molar-refractivity contribution >= 4 is 6.03 Å². The van der Waals surface area contributed by atoms with Gasteiger partial charge in [0.05, 0.1) is 6.10 Å². The third kappa shape index (κ3) is 3.59. The lowest BCUT2D eigenvalue weighted by molar-refractivity contribution is -0.108. The van der Waals surface area contributed by atoms with Crippen LogP contribution in [0.4, 0.5) is 4.79 Å². The summed E-state index contributed by atoms with van der Waals surface area (Å²) in [5.74, 6) is 0.452. The number of unbranched alkanes of at least 4 members (excludes halogenated alkanes) is 1. The molecule has 2 fully saturated rings. The molecule has 138 valence electrons. The number of rotatable bonds is 6. The summed E-state index contributed by atoms with van der Waals surface area (Å²) in [5, 5.41) is 6.06. The van der Waals surface area contributed by atoms with Crippen molar-refractivity contribution < 1.29 is 9.53 Å². The molecule has 1 aromatic rings. The van der Waals surface area contributed by atoms with Crippen molar-refractivity contribution in [1.82, 2.24) is 15.2 Å². The zero-order chi connectivity index (χ0) is 18.0. The van der Waals surface area contributed by atoms with Gasteiger partial charge >= 0.3 is 6.03 Å². The second-order valence-electron chi connectivity index (χ2n) is 7.81. The zero-order valence-corrected chi connectivity index (χ0v) is 15.4. The number of hydrogen-bond donors (Lipinski definition) is 2. The fourth-order valence-corrected chi connectivity index (χ4v) is 4.32. The summed E-state index contributed by atoms with van der Waals surface area (Å²) in [6, 6.07) is 5.39. The average molecular weight is 347 g/mol. The van der Waals surface area contributed by atoms with Gasteiger partial charge in [0.25, 0.3) is 5.56 Å². The van der Waals surface area contributed by atoms with Crippen molar-refractivity contribution in [1.29, 1.82) is 0 Å². The summed E-state index contributed by atoms with van der Waals surface area (Å²) in [4.78, 5) is 23.9. The number of fused-ring (bicyclic) bond motifs is 1. The van der Waals surface area contributed by atoms with Crippen molar-refractivity contribution in [2.24, 2.45) is 11.3 Å². The highest BCUT2D eigenvalue weighted by molar-refractivity contribution is 5.74. The van der Waals surface area contributed by atoms with Crippen LogP contribution in [0.25, 0.3) is 0 Å². The van der Waals surface area contributed by atoms with Crippen LogP contribution in [0.15, 0.2) is 23.0 Å². The summed E-state index contributed by atoms with van der Waals surface area (Å²) in [5.41, 5.74) is 1.01. The lowest BCUT2D eigenvalue weighted by Crippen LogP contribution is -2.67. The first-order chi connectivity index (χ1) is 11.9. The van der Waals surface area contributed by atoms with Crippen LogP contribution >= 0.6 is 0 Å². The second-order valence-corrected chi connectivity index (χ2v) is 7.81. The van der Waals surface area contributed by atoms with Gasteiger partial charge in [-0.05, 0) is 32.3 Å². The van der Waals surface area contributed by atoms with Gasteiger partial charge in [-0.2, -0.15) is 0 Å². The molecule has 6 heteroatoms. The van der Waals surface area contributed by atoms with Gasteiger partial charge in [-0.15, -0.1) is 0 Å². The van der Waals surface area contributed by atoms with Crippen molar-refractivity contribution in [3.8, 4) is 0 Å². The van der Waals surface area contributed by atoms with Crippen molar-refractivity contribution in [2.75, 3.05) is 13.2 Å². The highest BCUT2D eigenvalue weighted by Crippen LogP contribution is 2.51. The normalized spacial score (nSPS) is 26.6. The minimum atomic E-state index is -0.100. The van der Waals surface area contributed by atoms with Crippen LogP contribution in [-0.2, 0) is 11.3 Å². The topological polar surface area (TPSA) is 72.4 Å². The molecule has 2 N–H and O–H groups in total. The zero-order valence-electron chi connectivity index (χ0n) is 15.4. The van der Waals surface area contributed by atoms with Crippen molar-refractivity contribution in [3.05, 3.63) is 34.2 Å². The first kappa shape index (κ1) is 18.0. The van der Waals surface area contributed by atoms with Crippen LogP contribution in [0.5, 0.6) is 0 Å². The molecular weight excluding hydrogens is 318 g/mol. The maximum absolute atomic E-state index is 12.1. The smallest absolute Gasteiger partial charge is 0.315 e. The Kier molecular flexibility index (Phi) is 5.18. The molecule has 1 aliphatic heterocycles. The molecule has 0 spiro atoms. The number of ether oxygens (including phenoxy) is 1. The molecule has 0 radical (unpaired) electrons. The van der Waals surface area contributed by atoms with Crippen LogP contribution in [-0.4, -0.2) is 35.9 Å². The fraction of sp³-hybridized carbons (Fsp3) is 0.684. The maximum atomic E-state index is 12.1. The predicted octanol–water partition coefficient (Wildman–Crippen LogP) is 2.05. The van der Waals surface area contributed by atoms with E-state index in [0.717, 1.165) is 31.6 Å². The third-order valence-electron chi connectivity index (χ3n) is 5.75. The third-order valence-corrected chi connectivity index (χ3v) is 5.75. The molecule has 2 heterocycles. The molecule has 1 aliphatic carbocycles. The minimum Gasteiger partial charge on any atom is -0.377 e. The number of urea groups is 1. The Hall–Kier alpha value is -1.82. The summed E-state index contributed by atoms with van der Waals surface area (Å²) >= 11 is 0. The molecule has 0 aromatic carbocycles. The SMILES string of the molecule is Cc1cccc(=O)n1CCCCNC(=O)N[C@@H]1[C@@H]2CCO[C@@H]2C1(C)C. The number of carbonyl (C=O) groups is 1. The minimum absolute atomic E-state index is 0.00447. The number of pyridine rings is 1. The van der Waals surface area contributed by atoms with Gasteiger partial charge in [0.15, 0.2) is 0 Å². The Morgan fingerprint density at radius 1 is 1.36 bits per heavy atom. The number of nitrogens with one attached hydrogen (secondary N) is 2. The van der Waals surface area contributed by atoms with E-state index in [1.54, 1.807) is 16.7 Å². The average Bonchev–Trinajstić information content (AvgIpc) is 3.02. The number of aromatic nitrogens is 1. The van der Waals surface area contributed by atoms with Crippen LogP contribution in [0.1, 0.15) is 38.8 Å². The van der Waals surface area contributed by atoms with Gasteiger partial charge in [0, 0.05) is 48.8 Å². The number of carbonyl (C=O) groups excluding carboxylic acids is 1. The van der Waals surface area contributed by atoms with E-state index < -0.39 is 0 Å². The van der Waals surface area contributed by atoms with Crippen LogP contribution in [0.2, 0.25) is 0 Å². The van der Waals surface area contributed by atoms with E-state index in [9.17, 15) is 9.59 Å². The molecule has 0 bridgehead atoms. The van der Waals surface area contributed by atoms with Gasteiger partial charge in [0.2, 0.25) is 0 Å². The van der Waals surface area contributed by atoms with Crippen LogP contribution < -0.4 is 16.2 Å². The predicted molar refractivity (Wildman–Crippen MR) is 96.6 cm³/mol. The molecule has 6 nitrogen and oxygen atoms in total. The van der Waals surface area contributed by atoms with E-state index in [1.165, 1.54) is 0 Å². The largest absolute Gasteiger partial charge is 0.377 e. The second kappa shape index (κ2) is 7.20. The molecule has 2 amide bonds. The molecule has 2 aliphatic rings. The van der Waals surface area contributed by atoms with Crippen LogP contribution in [0, 0.1) is 18.3 Å². The van der Waals surface area contributed by atoms with E-state index in [0.29, 0.717) is 19.0 Å². The van der Waals surface area contributed by atoms with E-state index >= 15 is 0 Å². The molecule has 3 atom stereocenters. The molecule has 1 saturated carbocycles. The first-order valence-electron chi connectivity index (χ1n) is 9.23. The Bertz CT molecular complexity index is 683. The number of aryl methyl sites for hydroxylation is 1. The van der Waals surface area contributed by atoms with Gasteiger partial charge in [0.1, 0.15) is 0 Å². The Morgan fingerprint density at radius 3 is 2.92 bits per heavy atom. The van der Waals surface area contributed by atoms with Crippen LogP contribution in [0.3, 0.4) is 0 Å². The lowest BCUT2D eigenvalue weighted by atomic mass is 9.57. The molecule has 1 saturated heterocycles. The summed E-state index contributed by atoms with van der Waals surface area (Å²) < 4.78 is 7.53. The number of nitrogens with zero attached hydrogens (tertiary/aromatic N) is 1. The van der Waals surface area contributed by atoms with Crippen molar-refractivity contribution in [2.45, 2.75) is 58.7 Å². The van der Waals surface area contributed by atoms with E-state index in [4.69, 9.17) is 4.74 Å². The van der Waals surface area contributed by atoms with E-state index in [1.807, 2.05) is 13.0 Å². The van der Waals surface area contributed by atoms with Gasteiger partial charge in [-0.3, -0.25) is 4.79 Å². The Balaban J connectivity index is 1.37. The Morgan fingerprint density at radius 2 is 2.16 bits per heavy atom. The summed E-state index contributed by atoms with van der Waals surface area (Å²) in [7, 11) is 0. The van der Waals surface area contributed by atoms with E-state index in [-0.39, 0.29) is 29.2 Å². The molecule has 0 unspecified atom stereocenters. The van der Waals surface area contributed by atoms with Gasteiger partial charge < -0.3 is 19.9 Å². The van der Waals surface area contributed by atoms with E-state index in [2.05, 4.69) is 24.5 Å². The molecule has 25 heavy (non-hydrogen) atoms. The lowest BCUT2D eigenvalue weighted by Gasteiger charge is -2.54. The van der Waals surface area contributed by atoms with Gasteiger partial charge in [-0.1, -0.05) is 19.9 Å². The fourth-order valence-electron chi connectivity index (χ4n) is 4.32. The summed E-state index contributed by atoms with van der Waals surface area (Å²) in [6.45, 7) is 8.36.